The fraction of sp³-hybridized carbons (Fsp3) is 0.320. The quantitative estimate of drug-likeness (QED) is 0.491. The second-order valence-corrected chi connectivity index (χ2v) is 9.08. The molecule has 6 rings (SSSR count). The van der Waals surface area contributed by atoms with Gasteiger partial charge in [0.1, 0.15) is 11.9 Å². The summed E-state index contributed by atoms with van der Waals surface area (Å²) >= 11 is 0. The molecule has 1 atom stereocenters. The molecule has 1 saturated carbocycles. The van der Waals surface area contributed by atoms with Crippen LogP contribution in [0.3, 0.4) is 0 Å². The molecule has 3 aromatic heterocycles. The molecule has 0 unspecified atom stereocenters. The number of hydrogen-bond donors (Lipinski definition) is 1. The van der Waals surface area contributed by atoms with E-state index in [1.54, 1.807) is 16.9 Å². The van der Waals surface area contributed by atoms with Crippen LogP contribution in [0.4, 0.5) is 10.2 Å². The van der Waals surface area contributed by atoms with Crippen molar-refractivity contribution in [1.29, 1.82) is 0 Å². The number of anilines is 1. The van der Waals surface area contributed by atoms with Crippen LogP contribution in [0.2, 0.25) is 0 Å². The third-order valence-electron chi connectivity index (χ3n) is 6.51. The van der Waals surface area contributed by atoms with Crippen molar-refractivity contribution in [2.24, 2.45) is 13.0 Å². The number of hydrogen-bond acceptors (Lipinski definition) is 5. The number of benzene rings is 1. The average molecular weight is 445 g/mol. The lowest BCUT2D eigenvalue weighted by atomic mass is 9.94. The minimum absolute atomic E-state index is 0.303. The van der Waals surface area contributed by atoms with Crippen LogP contribution in [0.15, 0.2) is 42.9 Å². The highest BCUT2D eigenvalue weighted by atomic mass is 19.1. The number of pyridine rings is 1. The fourth-order valence-electron chi connectivity index (χ4n) is 4.69. The van der Waals surface area contributed by atoms with Gasteiger partial charge in [0.2, 0.25) is 0 Å². The summed E-state index contributed by atoms with van der Waals surface area (Å²) in [6.07, 6.45) is 8.30. The van der Waals surface area contributed by atoms with E-state index in [0.29, 0.717) is 23.9 Å². The van der Waals surface area contributed by atoms with Crippen molar-refractivity contribution in [3.8, 4) is 28.1 Å². The van der Waals surface area contributed by atoms with Crippen LogP contribution < -0.4 is 10.5 Å². The van der Waals surface area contributed by atoms with E-state index in [1.165, 1.54) is 25.0 Å². The van der Waals surface area contributed by atoms with Gasteiger partial charge in [-0.2, -0.15) is 10.2 Å². The summed E-state index contributed by atoms with van der Waals surface area (Å²) < 4.78 is 24.4. The Bertz CT molecular complexity index is 1370. The number of fused-ring (bicyclic) bond motifs is 7. The van der Waals surface area contributed by atoms with Crippen LogP contribution in [0, 0.1) is 11.7 Å². The Morgan fingerprint density at radius 1 is 1.18 bits per heavy atom. The molecule has 0 amide bonds. The van der Waals surface area contributed by atoms with E-state index in [0.717, 1.165) is 45.7 Å². The predicted molar refractivity (Wildman–Crippen MR) is 123 cm³/mol. The second-order valence-electron chi connectivity index (χ2n) is 9.08. The van der Waals surface area contributed by atoms with Gasteiger partial charge in [-0.05, 0) is 49.4 Å². The maximum absolute atomic E-state index is 14.3. The summed E-state index contributed by atoms with van der Waals surface area (Å²) in [5.74, 6) is 1.13. The van der Waals surface area contributed by atoms with Crippen molar-refractivity contribution in [2.75, 3.05) is 5.73 Å². The zero-order valence-electron chi connectivity index (χ0n) is 18.6. The van der Waals surface area contributed by atoms with Gasteiger partial charge in [-0.25, -0.2) is 9.37 Å². The number of nitrogens with zero attached hydrogens (tertiary/aromatic N) is 5. The maximum atomic E-state index is 14.3. The fourth-order valence-corrected chi connectivity index (χ4v) is 4.69. The Morgan fingerprint density at radius 3 is 2.85 bits per heavy atom. The van der Waals surface area contributed by atoms with E-state index in [4.69, 9.17) is 20.7 Å². The third-order valence-corrected chi connectivity index (χ3v) is 6.51. The van der Waals surface area contributed by atoms with Gasteiger partial charge in [0, 0.05) is 54.7 Å². The van der Waals surface area contributed by atoms with E-state index in [-0.39, 0.29) is 5.82 Å². The monoisotopic (exact) mass is 444 g/mol. The molecule has 2 aliphatic rings. The number of aryl methyl sites for hydroxylation is 1. The van der Waals surface area contributed by atoms with Crippen LogP contribution in [0.5, 0.6) is 5.75 Å². The van der Waals surface area contributed by atoms with E-state index in [1.807, 2.05) is 32.4 Å². The molecule has 33 heavy (non-hydrogen) atoms. The Balaban J connectivity index is 1.60. The SMILES string of the molecule is C[C@H]1Oc2cc(cnc2N)-c2c(cnn2CC2CC2)Cc2nn(C)cc2-c2ccc(F)cc21. The van der Waals surface area contributed by atoms with Crippen LogP contribution in [-0.2, 0) is 20.0 Å². The minimum Gasteiger partial charge on any atom is -0.482 e. The van der Waals surface area contributed by atoms with Crippen LogP contribution >= 0.6 is 0 Å². The normalized spacial score (nSPS) is 17.2. The van der Waals surface area contributed by atoms with Crippen molar-refractivity contribution >= 4 is 5.82 Å². The molecule has 1 aromatic carbocycles. The van der Waals surface area contributed by atoms with Gasteiger partial charge in [-0.15, -0.1) is 0 Å². The van der Waals surface area contributed by atoms with Crippen molar-refractivity contribution in [2.45, 2.75) is 38.8 Å². The van der Waals surface area contributed by atoms with Gasteiger partial charge in [0.15, 0.2) is 11.6 Å². The second kappa shape index (κ2) is 7.43. The molecule has 8 heteroatoms. The van der Waals surface area contributed by atoms with Crippen molar-refractivity contribution in [3.63, 3.8) is 0 Å². The molecule has 168 valence electrons. The summed E-state index contributed by atoms with van der Waals surface area (Å²) in [6, 6.07) is 6.72. The number of aromatic nitrogens is 5. The lowest BCUT2D eigenvalue weighted by molar-refractivity contribution is 0.228. The van der Waals surface area contributed by atoms with Crippen molar-refractivity contribution in [3.05, 3.63) is 65.5 Å². The highest BCUT2D eigenvalue weighted by molar-refractivity contribution is 5.73. The zero-order chi connectivity index (χ0) is 22.7. The van der Waals surface area contributed by atoms with Gasteiger partial charge in [-0.3, -0.25) is 9.36 Å². The Kier molecular flexibility index (Phi) is 4.50. The van der Waals surface area contributed by atoms with E-state index in [2.05, 4.69) is 9.67 Å². The smallest absolute Gasteiger partial charge is 0.166 e. The molecule has 1 aliphatic heterocycles. The highest BCUT2D eigenvalue weighted by Crippen LogP contribution is 2.39. The van der Waals surface area contributed by atoms with E-state index < -0.39 is 6.10 Å². The number of ether oxygens (including phenoxy) is 1. The molecule has 0 radical (unpaired) electrons. The summed E-state index contributed by atoms with van der Waals surface area (Å²) in [6.45, 7) is 2.78. The standard InChI is InChI=1S/C25H25FN6O/c1-14-20-9-18(26)5-6-19(20)21-13-31(2)30-22(21)7-16-11-29-32(12-15-3-4-15)24(16)17-8-23(33-14)25(27)28-10-17/h5-6,8-11,13-15H,3-4,7,12H2,1-2H3,(H2,27,28)/t14-/m1/s1. The summed E-state index contributed by atoms with van der Waals surface area (Å²) in [4.78, 5) is 4.42. The average Bonchev–Trinajstić information content (AvgIpc) is 3.41. The first-order valence-corrected chi connectivity index (χ1v) is 11.3. The first-order valence-electron chi connectivity index (χ1n) is 11.3. The molecule has 0 spiro atoms. The third kappa shape index (κ3) is 3.55. The zero-order valence-corrected chi connectivity index (χ0v) is 18.6. The summed E-state index contributed by atoms with van der Waals surface area (Å²) in [5, 5.41) is 9.49. The van der Waals surface area contributed by atoms with E-state index >= 15 is 0 Å². The highest BCUT2D eigenvalue weighted by Gasteiger charge is 2.27. The largest absolute Gasteiger partial charge is 0.482 e. The Morgan fingerprint density at radius 2 is 2.03 bits per heavy atom. The molecular weight excluding hydrogens is 419 g/mol. The lowest BCUT2D eigenvalue weighted by Gasteiger charge is -2.21. The van der Waals surface area contributed by atoms with Gasteiger partial charge in [0.25, 0.3) is 0 Å². The Hall–Kier alpha value is -3.68. The lowest BCUT2D eigenvalue weighted by Crippen LogP contribution is -2.10. The van der Waals surface area contributed by atoms with Crippen molar-refractivity contribution in [1.82, 2.24) is 24.5 Å². The number of nitrogen functional groups attached to an aromatic ring is 1. The molecule has 4 heterocycles. The van der Waals surface area contributed by atoms with Gasteiger partial charge in [-0.1, -0.05) is 6.07 Å². The number of halogens is 1. The number of nitrogens with two attached hydrogens (primary N) is 1. The molecule has 0 saturated heterocycles. The van der Waals surface area contributed by atoms with Crippen LogP contribution in [0.1, 0.15) is 42.7 Å². The maximum Gasteiger partial charge on any atom is 0.166 e. The molecular formula is C25H25FN6O. The molecule has 2 bridgehead atoms. The summed E-state index contributed by atoms with van der Waals surface area (Å²) in [5.41, 5.74) is 12.7. The van der Waals surface area contributed by atoms with E-state index in [9.17, 15) is 4.39 Å². The van der Waals surface area contributed by atoms with Gasteiger partial charge in [0.05, 0.1) is 17.6 Å². The van der Waals surface area contributed by atoms with Crippen LogP contribution in [-0.4, -0.2) is 24.5 Å². The van der Waals surface area contributed by atoms with Crippen LogP contribution in [0.25, 0.3) is 22.4 Å². The summed E-state index contributed by atoms with van der Waals surface area (Å²) in [7, 11) is 1.90. The topological polar surface area (TPSA) is 83.8 Å². The molecule has 7 nitrogen and oxygen atoms in total. The molecule has 1 fully saturated rings. The van der Waals surface area contributed by atoms with Gasteiger partial charge >= 0.3 is 0 Å². The van der Waals surface area contributed by atoms with Crippen molar-refractivity contribution < 1.29 is 9.13 Å². The Labute approximate surface area is 191 Å². The first-order chi connectivity index (χ1) is 16.0. The number of rotatable bonds is 2. The minimum atomic E-state index is -0.446. The van der Waals surface area contributed by atoms with Gasteiger partial charge < -0.3 is 10.5 Å². The predicted octanol–water partition coefficient (Wildman–Crippen LogP) is 4.52. The molecule has 2 N–H and O–H groups in total. The molecule has 1 aliphatic carbocycles. The molecule has 4 aromatic rings. The first kappa shape index (κ1) is 20.0.